The SMILES string of the molecule is Cc1ccc2occ(CC(=O)Nc3nc(C)c(C)s3)c2c1. The Morgan fingerprint density at radius 3 is 2.86 bits per heavy atom. The molecule has 0 aliphatic heterocycles. The highest BCUT2D eigenvalue weighted by atomic mass is 32.1. The van der Waals surface area contributed by atoms with E-state index in [9.17, 15) is 4.79 Å². The summed E-state index contributed by atoms with van der Waals surface area (Å²) in [5.41, 5.74) is 3.82. The number of carbonyl (C=O) groups is 1. The van der Waals surface area contributed by atoms with Gasteiger partial charge in [-0.2, -0.15) is 0 Å². The fourth-order valence-electron chi connectivity index (χ4n) is 2.20. The first-order valence-corrected chi connectivity index (χ1v) is 7.55. The number of benzene rings is 1. The molecule has 0 bridgehead atoms. The third-order valence-corrected chi connectivity index (χ3v) is 4.42. The van der Waals surface area contributed by atoms with Crippen LogP contribution < -0.4 is 5.32 Å². The molecule has 1 aromatic carbocycles. The monoisotopic (exact) mass is 300 g/mol. The molecule has 2 heterocycles. The van der Waals surface area contributed by atoms with Crippen LogP contribution in [-0.4, -0.2) is 10.9 Å². The summed E-state index contributed by atoms with van der Waals surface area (Å²) < 4.78 is 5.49. The normalized spacial score (nSPS) is 11.0. The molecule has 1 N–H and O–H groups in total. The van der Waals surface area contributed by atoms with Crippen LogP contribution in [0.4, 0.5) is 5.13 Å². The van der Waals surface area contributed by atoms with E-state index in [1.54, 1.807) is 6.26 Å². The predicted molar refractivity (Wildman–Crippen MR) is 84.9 cm³/mol. The van der Waals surface area contributed by atoms with E-state index >= 15 is 0 Å². The maximum absolute atomic E-state index is 12.1. The molecule has 4 nitrogen and oxygen atoms in total. The summed E-state index contributed by atoms with van der Waals surface area (Å²) in [6.07, 6.45) is 1.94. The molecule has 108 valence electrons. The second-order valence-corrected chi connectivity index (χ2v) is 6.35. The summed E-state index contributed by atoms with van der Waals surface area (Å²) in [5.74, 6) is -0.0760. The number of thiazole rings is 1. The van der Waals surface area contributed by atoms with Crippen LogP contribution >= 0.6 is 11.3 Å². The van der Waals surface area contributed by atoms with E-state index in [0.717, 1.165) is 32.7 Å². The van der Waals surface area contributed by atoms with E-state index in [2.05, 4.69) is 10.3 Å². The Morgan fingerprint density at radius 1 is 1.33 bits per heavy atom. The zero-order chi connectivity index (χ0) is 15.0. The Kier molecular flexibility index (Phi) is 3.51. The van der Waals surface area contributed by atoms with Crippen molar-refractivity contribution in [2.24, 2.45) is 0 Å². The number of fused-ring (bicyclic) bond motifs is 1. The van der Waals surface area contributed by atoms with Crippen molar-refractivity contribution in [2.45, 2.75) is 27.2 Å². The second-order valence-electron chi connectivity index (χ2n) is 5.15. The number of aryl methyl sites for hydroxylation is 3. The first-order chi connectivity index (χ1) is 10.0. The van der Waals surface area contributed by atoms with E-state index < -0.39 is 0 Å². The lowest BCUT2D eigenvalue weighted by molar-refractivity contribution is -0.115. The van der Waals surface area contributed by atoms with Crippen LogP contribution in [0.25, 0.3) is 11.0 Å². The van der Waals surface area contributed by atoms with Gasteiger partial charge in [0.05, 0.1) is 18.4 Å². The third kappa shape index (κ3) is 2.83. The molecule has 0 radical (unpaired) electrons. The van der Waals surface area contributed by atoms with Gasteiger partial charge in [-0.05, 0) is 32.9 Å². The van der Waals surface area contributed by atoms with E-state index in [4.69, 9.17) is 4.42 Å². The van der Waals surface area contributed by atoms with Crippen LogP contribution in [0.3, 0.4) is 0 Å². The average Bonchev–Trinajstić information content (AvgIpc) is 2.94. The van der Waals surface area contributed by atoms with Crippen LogP contribution in [0.1, 0.15) is 21.7 Å². The van der Waals surface area contributed by atoms with Crippen molar-refractivity contribution in [2.75, 3.05) is 5.32 Å². The van der Waals surface area contributed by atoms with Crippen LogP contribution in [-0.2, 0) is 11.2 Å². The van der Waals surface area contributed by atoms with Gasteiger partial charge in [-0.25, -0.2) is 4.98 Å². The van der Waals surface area contributed by atoms with Crippen molar-refractivity contribution in [3.05, 3.63) is 46.2 Å². The molecule has 0 saturated carbocycles. The van der Waals surface area contributed by atoms with Crippen molar-refractivity contribution in [1.82, 2.24) is 4.98 Å². The van der Waals surface area contributed by atoms with Gasteiger partial charge in [0, 0.05) is 15.8 Å². The molecular formula is C16H16N2O2S. The van der Waals surface area contributed by atoms with Crippen molar-refractivity contribution in [3.63, 3.8) is 0 Å². The van der Waals surface area contributed by atoms with E-state index in [0.29, 0.717) is 5.13 Å². The lowest BCUT2D eigenvalue weighted by Crippen LogP contribution is -2.14. The highest BCUT2D eigenvalue weighted by molar-refractivity contribution is 7.15. The van der Waals surface area contributed by atoms with Gasteiger partial charge < -0.3 is 9.73 Å². The largest absolute Gasteiger partial charge is 0.464 e. The molecule has 3 rings (SSSR count). The number of carbonyl (C=O) groups excluding carboxylic acids is 1. The molecule has 0 atom stereocenters. The molecule has 0 spiro atoms. The van der Waals surface area contributed by atoms with Gasteiger partial charge >= 0.3 is 0 Å². The van der Waals surface area contributed by atoms with E-state index in [1.165, 1.54) is 11.3 Å². The number of rotatable bonds is 3. The van der Waals surface area contributed by atoms with E-state index in [-0.39, 0.29) is 12.3 Å². The molecular weight excluding hydrogens is 284 g/mol. The molecule has 5 heteroatoms. The topological polar surface area (TPSA) is 55.1 Å². The van der Waals surface area contributed by atoms with Crippen LogP contribution in [0.2, 0.25) is 0 Å². The minimum Gasteiger partial charge on any atom is -0.464 e. The third-order valence-electron chi connectivity index (χ3n) is 3.44. The smallest absolute Gasteiger partial charge is 0.230 e. The number of aromatic nitrogens is 1. The highest BCUT2D eigenvalue weighted by Crippen LogP contribution is 2.24. The first-order valence-electron chi connectivity index (χ1n) is 6.73. The molecule has 0 unspecified atom stereocenters. The van der Waals surface area contributed by atoms with Crippen LogP contribution in [0.5, 0.6) is 0 Å². The number of amides is 1. The minimum absolute atomic E-state index is 0.0760. The average molecular weight is 300 g/mol. The van der Waals surface area contributed by atoms with Crippen molar-refractivity contribution < 1.29 is 9.21 Å². The quantitative estimate of drug-likeness (QED) is 0.795. The Hall–Kier alpha value is -2.14. The van der Waals surface area contributed by atoms with Crippen molar-refractivity contribution in [1.29, 1.82) is 0 Å². The van der Waals surface area contributed by atoms with Crippen LogP contribution in [0.15, 0.2) is 28.9 Å². The second kappa shape index (κ2) is 5.33. The minimum atomic E-state index is -0.0760. The summed E-state index contributed by atoms with van der Waals surface area (Å²) in [4.78, 5) is 17.6. The standard InChI is InChI=1S/C16H16N2O2S/c1-9-4-5-14-13(6-9)12(8-20-14)7-15(19)18-16-17-10(2)11(3)21-16/h4-6,8H,7H2,1-3H3,(H,17,18,19). The van der Waals surface area contributed by atoms with Gasteiger partial charge in [-0.15, -0.1) is 11.3 Å². The van der Waals surface area contributed by atoms with Gasteiger partial charge in [0.2, 0.25) is 5.91 Å². The molecule has 0 aliphatic carbocycles. The predicted octanol–water partition coefficient (Wildman–Crippen LogP) is 4.00. The zero-order valence-electron chi connectivity index (χ0n) is 12.2. The molecule has 1 amide bonds. The van der Waals surface area contributed by atoms with Crippen molar-refractivity contribution in [3.8, 4) is 0 Å². The number of nitrogens with zero attached hydrogens (tertiary/aromatic N) is 1. The van der Waals surface area contributed by atoms with Crippen LogP contribution in [0, 0.1) is 20.8 Å². The fourth-order valence-corrected chi connectivity index (χ4v) is 3.03. The molecule has 0 fully saturated rings. The zero-order valence-corrected chi connectivity index (χ0v) is 13.0. The van der Waals surface area contributed by atoms with Gasteiger partial charge in [0.1, 0.15) is 5.58 Å². The van der Waals surface area contributed by atoms with Crippen molar-refractivity contribution >= 4 is 33.3 Å². The first kappa shape index (κ1) is 13.8. The van der Waals surface area contributed by atoms with Gasteiger partial charge in [-0.1, -0.05) is 11.6 Å². The Bertz CT molecular complexity index is 797. The Labute approximate surface area is 126 Å². The summed E-state index contributed by atoms with van der Waals surface area (Å²) in [6, 6.07) is 5.97. The summed E-state index contributed by atoms with van der Waals surface area (Å²) in [5, 5.41) is 4.50. The van der Waals surface area contributed by atoms with Gasteiger partial charge in [-0.3, -0.25) is 4.79 Å². The maximum atomic E-state index is 12.1. The molecule has 0 saturated heterocycles. The molecule has 2 aromatic heterocycles. The van der Waals surface area contributed by atoms with Gasteiger partial charge in [0.25, 0.3) is 0 Å². The molecule has 0 aliphatic rings. The number of nitrogens with one attached hydrogen (secondary N) is 1. The summed E-state index contributed by atoms with van der Waals surface area (Å²) in [6.45, 7) is 5.96. The number of hydrogen-bond acceptors (Lipinski definition) is 4. The maximum Gasteiger partial charge on any atom is 0.230 e. The fraction of sp³-hybridized carbons (Fsp3) is 0.250. The number of hydrogen-bond donors (Lipinski definition) is 1. The lowest BCUT2D eigenvalue weighted by atomic mass is 10.1. The number of anilines is 1. The highest BCUT2D eigenvalue weighted by Gasteiger charge is 2.12. The summed E-state index contributed by atoms with van der Waals surface area (Å²) >= 11 is 1.49. The summed E-state index contributed by atoms with van der Waals surface area (Å²) in [7, 11) is 0. The van der Waals surface area contributed by atoms with Gasteiger partial charge in [0.15, 0.2) is 5.13 Å². The van der Waals surface area contributed by atoms with E-state index in [1.807, 2.05) is 39.0 Å². The molecule has 3 aromatic rings. The lowest BCUT2D eigenvalue weighted by Gasteiger charge is -2.00. The Balaban J connectivity index is 1.78. The molecule has 21 heavy (non-hydrogen) atoms. The number of furan rings is 1. The Morgan fingerprint density at radius 2 is 2.14 bits per heavy atom.